The van der Waals surface area contributed by atoms with Crippen LogP contribution in [0.25, 0.3) is 0 Å². The van der Waals surface area contributed by atoms with Crippen LogP contribution in [0, 0.1) is 11.8 Å². The van der Waals surface area contributed by atoms with Crippen LogP contribution >= 0.6 is 0 Å². The number of fused-ring (bicyclic) bond motifs is 1. The maximum absolute atomic E-state index is 11.0. The zero-order valence-corrected chi connectivity index (χ0v) is 6.69. The molecular weight excluding hydrogens is 158 g/mol. The third kappa shape index (κ3) is 1.07. The number of amides is 1. The lowest BCUT2D eigenvalue weighted by molar-refractivity contribution is -0.112. The Labute approximate surface area is 70.2 Å². The molecule has 0 radical (unpaired) electrons. The minimum Gasteiger partial charge on any atom is -0.465 e. The molecule has 1 saturated heterocycles. The Balaban J connectivity index is 1.95. The maximum atomic E-state index is 11.0. The Kier molecular flexibility index (Phi) is 1.56. The summed E-state index contributed by atoms with van der Waals surface area (Å²) in [6, 6.07) is 0. The number of rotatable bonds is 0. The average molecular weight is 169 g/mol. The summed E-state index contributed by atoms with van der Waals surface area (Å²) in [5.74, 6) is 0.726. The van der Waals surface area contributed by atoms with E-state index in [1.54, 1.807) is 0 Å². The van der Waals surface area contributed by atoms with Crippen LogP contribution in [0.2, 0.25) is 0 Å². The second kappa shape index (κ2) is 2.47. The number of ketones is 1. The van der Waals surface area contributed by atoms with Crippen LogP contribution in [0.4, 0.5) is 4.79 Å². The highest BCUT2D eigenvalue weighted by molar-refractivity contribution is 5.99. The summed E-state index contributed by atoms with van der Waals surface area (Å²) in [5, 5.41) is 8.67. The van der Waals surface area contributed by atoms with Gasteiger partial charge >= 0.3 is 6.09 Å². The number of carboxylic acid groups (broad SMARTS) is 1. The number of hydrogen-bond acceptors (Lipinski definition) is 2. The van der Waals surface area contributed by atoms with E-state index in [9.17, 15) is 9.59 Å². The third-order valence-electron chi connectivity index (χ3n) is 2.80. The number of carbonyl (C=O) groups excluding carboxylic acids is 1. The molecule has 2 aliphatic rings. The normalized spacial score (nSPS) is 34.0. The number of carbonyl (C=O) groups is 2. The van der Waals surface area contributed by atoms with Crippen molar-refractivity contribution in [2.45, 2.75) is 12.8 Å². The number of Topliss-reactive ketones (excluding diaryl/α,β-unsaturated/α-hetero) is 1. The van der Waals surface area contributed by atoms with Crippen molar-refractivity contribution >= 4 is 11.9 Å². The van der Waals surface area contributed by atoms with Crippen LogP contribution in [0.5, 0.6) is 0 Å². The topological polar surface area (TPSA) is 57.6 Å². The highest BCUT2D eigenvalue weighted by Gasteiger charge is 2.49. The Morgan fingerprint density at radius 2 is 1.83 bits per heavy atom. The fraction of sp³-hybridized carbons (Fsp3) is 0.750. The Bertz CT molecular complexity index is 222. The molecule has 2 fully saturated rings. The number of likely N-dealkylation sites (tertiary alicyclic amines) is 1. The van der Waals surface area contributed by atoms with E-state index in [2.05, 4.69) is 0 Å². The van der Waals surface area contributed by atoms with Crippen molar-refractivity contribution in [3.8, 4) is 0 Å². The van der Waals surface area contributed by atoms with E-state index in [0.29, 0.717) is 18.9 Å². The first kappa shape index (κ1) is 7.58. The van der Waals surface area contributed by atoms with Crippen LogP contribution in [0.3, 0.4) is 0 Å². The zero-order chi connectivity index (χ0) is 8.72. The highest BCUT2D eigenvalue weighted by Crippen LogP contribution is 2.41. The lowest BCUT2D eigenvalue weighted by Crippen LogP contribution is -2.31. The lowest BCUT2D eigenvalue weighted by atomic mass is 10.2. The molecule has 0 bridgehead atoms. The first-order valence-electron chi connectivity index (χ1n) is 4.22. The van der Waals surface area contributed by atoms with E-state index in [4.69, 9.17) is 5.11 Å². The minimum absolute atomic E-state index is 0.189. The first-order valence-corrected chi connectivity index (χ1v) is 4.22. The van der Waals surface area contributed by atoms with Gasteiger partial charge in [-0.25, -0.2) is 4.79 Å². The molecule has 1 amide bonds. The summed E-state index contributed by atoms with van der Waals surface area (Å²) in [6.45, 7) is 1.06. The highest BCUT2D eigenvalue weighted by atomic mass is 16.4. The molecule has 1 heterocycles. The predicted molar refractivity (Wildman–Crippen MR) is 40.8 cm³/mol. The van der Waals surface area contributed by atoms with Crippen molar-refractivity contribution in [3.63, 3.8) is 0 Å². The summed E-state index contributed by atoms with van der Waals surface area (Å²) in [6.07, 6.45) is 0.606. The molecule has 1 N–H and O–H groups in total. The summed E-state index contributed by atoms with van der Waals surface area (Å²) in [4.78, 5) is 22.9. The van der Waals surface area contributed by atoms with Gasteiger partial charge in [-0.3, -0.25) is 4.79 Å². The fourth-order valence-corrected chi connectivity index (χ4v) is 1.93. The van der Waals surface area contributed by atoms with Gasteiger partial charge in [0.1, 0.15) is 5.78 Å². The summed E-state index contributed by atoms with van der Waals surface area (Å²) in [7, 11) is 0. The smallest absolute Gasteiger partial charge is 0.407 e. The quantitative estimate of drug-likeness (QED) is 0.577. The van der Waals surface area contributed by atoms with Gasteiger partial charge in [-0.05, 0) is 12.8 Å². The van der Waals surface area contributed by atoms with E-state index in [1.165, 1.54) is 4.90 Å². The lowest BCUT2D eigenvalue weighted by Gasteiger charge is -2.15. The van der Waals surface area contributed by atoms with Gasteiger partial charge in [0.2, 0.25) is 0 Å². The van der Waals surface area contributed by atoms with E-state index in [0.717, 1.165) is 12.8 Å². The van der Waals surface area contributed by atoms with E-state index in [1.807, 2.05) is 0 Å². The first-order chi connectivity index (χ1) is 5.70. The Morgan fingerprint density at radius 3 is 2.25 bits per heavy atom. The van der Waals surface area contributed by atoms with Gasteiger partial charge in [-0.2, -0.15) is 0 Å². The van der Waals surface area contributed by atoms with Crippen molar-refractivity contribution in [1.82, 2.24) is 4.90 Å². The largest absolute Gasteiger partial charge is 0.465 e. The van der Waals surface area contributed by atoms with Gasteiger partial charge in [-0.1, -0.05) is 0 Å². The summed E-state index contributed by atoms with van der Waals surface area (Å²) >= 11 is 0. The summed E-state index contributed by atoms with van der Waals surface area (Å²) in [5.41, 5.74) is 0. The zero-order valence-electron chi connectivity index (χ0n) is 6.69. The van der Waals surface area contributed by atoms with Gasteiger partial charge in [0.05, 0.1) is 0 Å². The Hall–Kier alpha value is -1.06. The molecule has 2 rings (SSSR count). The van der Waals surface area contributed by atoms with E-state index >= 15 is 0 Å². The molecule has 1 aliphatic carbocycles. The van der Waals surface area contributed by atoms with E-state index < -0.39 is 6.09 Å². The molecule has 12 heavy (non-hydrogen) atoms. The molecule has 66 valence electrons. The van der Waals surface area contributed by atoms with Crippen molar-refractivity contribution in [2.75, 3.05) is 13.1 Å². The average Bonchev–Trinajstić information content (AvgIpc) is 2.67. The third-order valence-corrected chi connectivity index (χ3v) is 2.80. The maximum Gasteiger partial charge on any atom is 0.407 e. The van der Waals surface area contributed by atoms with Gasteiger partial charge in [0.15, 0.2) is 0 Å². The molecule has 0 aromatic carbocycles. The molecule has 0 aromatic heterocycles. The molecule has 1 saturated carbocycles. The molecule has 2 atom stereocenters. The van der Waals surface area contributed by atoms with Crippen LogP contribution in [0.15, 0.2) is 0 Å². The number of hydrogen-bond donors (Lipinski definition) is 1. The van der Waals surface area contributed by atoms with Crippen LogP contribution < -0.4 is 0 Å². The monoisotopic (exact) mass is 169 g/mol. The van der Waals surface area contributed by atoms with Crippen molar-refractivity contribution in [3.05, 3.63) is 0 Å². The Morgan fingerprint density at radius 1 is 1.33 bits per heavy atom. The van der Waals surface area contributed by atoms with Crippen LogP contribution in [0.1, 0.15) is 12.8 Å². The second-order valence-electron chi connectivity index (χ2n) is 3.46. The molecule has 4 heteroatoms. The van der Waals surface area contributed by atoms with Gasteiger partial charge in [0, 0.05) is 24.9 Å². The standard InChI is InChI=1S/C8H11NO3/c10-7-5-1-3-9(8(11)12)4-2-6(5)7/h5-6H,1-4H2,(H,11,12)/t5-,6+. The van der Waals surface area contributed by atoms with Crippen molar-refractivity contribution in [2.24, 2.45) is 11.8 Å². The van der Waals surface area contributed by atoms with Crippen molar-refractivity contribution < 1.29 is 14.7 Å². The van der Waals surface area contributed by atoms with Gasteiger partial charge in [0.25, 0.3) is 0 Å². The minimum atomic E-state index is -0.858. The molecular formula is C8H11NO3. The van der Waals surface area contributed by atoms with Crippen LogP contribution in [-0.4, -0.2) is 35.0 Å². The molecule has 0 spiro atoms. The second-order valence-corrected chi connectivity index (χ2v) is 3.46. The predicted octanol–water partition coefficient (Wildman–Crippen LogP) is 0.575. The molecule has 0 aromatic rings. The summed E-state index contributed by atoms with van der Waals surface area (Å²) < 4.78 is 0. The van der Waals surface area contributed by atoms with Gasteiger partial charge < -0.3 is 10.0 Å². The van der Waals surface area contributed by atoms with Crippen molar-refractivity contribution in [1.29, 1.82) is 0 Å². The van der Waals surface area contributed by atoms with Gasteiger partial charge in [-0.15, -0.1) is 0 Å². The van der Waals surface area contributed by atoms with Crippen LogP contribution in [-0.2, 0) is 4.79 Å². The number of nitrogens with zero attached hydrogens (tertiary/aromatic N) is 1. The molecule has 1 aliphatic heterocycles. The molecule has 0 unspecified atom stereocenters. The SMILES string of the molecule is O=C1[C@H]2CCN(C(=O)O)CC[C@@H]12. The van der Waals surface area contributed by atoms with E-state index in [-0.39, 0.29) is 11.8 Å². The molecule has 4 nitrogen and oxygen atoms in total. The fourth-order valence-electron chi connectivity index (χ4n) is 1.93.